The number of nitriles is 1. The molecule has 4 nitrogen and oxygen atoms in total. The highest BCUT2D eigenvalue weighted by molar-refractivity contribution is 14.1. The van der Waals surface area contributed by atoms with Gasteiger partial charge >= 0.3 is 0 Å². The van der Waals surface area contributed by atoms with E-state index in [0.717, 1.165) is 0 Å². The summed E-state index contributed by atoms with van der Waals surface area (Å²) in [5.41, 5.74) is 0. The molecule has 0 amide bonds. The van der Waals surface area contributed by atoms with Gasteiger partial charge in [0.2, 0.25) is 5.82 Å². The van der Waals surface area contributed by atoms with Gasteiger partial charge in [0, 0.05) is 22.6 Å². The van der Waals surface area contributed by atoms with E-state index in [2.05, 4.69) is 15.0 Å². The molecule has 0 unspecified atom stereocenters. The fourth-order valence-electron chi connectivity index (χ4n) is 0.499. The largest absolute Gasteiger partial charge is 0.236 e. The number of nitrogens with zero attached hydrogens (tertiary/aromatic N) is 4. The molecule has 0 radical (unpaired) electrons. The van der Waals surface area contributed by atoms with Crippen LogP contribution in [0.3, 0.4) is 0 Å². The Morgan fingerprint density at radius 3 is 2.60 bits per heavy atom. The van der Waals surface area contributed by atoms with E-state index in [-0.39, 0.29) is 5.82 Å². The first-order valence-corrected chi connectivity index (χ1v) is 3.58. The molecule has 0 aliphatic heterocycles. The van der Waals surface area contributed by atoms with Crippen molar-refractivity contribution in [2.75, 3.05) is 0 Å². The molecule has 0 aliphatic carbocycles. The number of hydrogen-bond donors (Lipinski definition) is 0. The highest BCUT2D eigenvalue weighted by atomic mass is 127. The Labute approximate surface area is 71.5 Å². The smallest absolute Gasteiger partial charge is 0.208 e. The lowest BCUT2D eigenvalue weighted by atomic mass is 10.6. The van der Waals surface area contributed by atoms with Crippen LogP contribution < -0.4 is 0 Å². The highest BCUT2D eigenvalue weighted by Gasteiger charge is 1.97. The van der Waals surface area contributed by atoms with Crippen molar-refractivity contribution >= 4 is 22.6 Å². The van der Waals surface area contributed by atoms with Crippen molar-refractivity contribution in [2.24, 2.45) is 0 Å². The lowest BCUT2D eigenvalue weighted by Gasteiger charge is -1.91. The topological polar surface area (TPSA) is 62.5 Å². The van der Waals surface area contributed by atoms with Crippen molar-refractivity contribution in [2.45, 2.75) is 6.92 Å². The summed E-state index contributed by atoms with van der Waals surface area (Å²) in [6.07, 6.45) is 0. The van der Waals surface area contributed by atoms with Crippen LogP contribution in [-0.4, -0.2) is 15.0 Å². The van der Waals surface area contributed by atoms with Crippen molar-refractivity contribution in [3.63, 3.8) is 0 Å². The Morgan fingerprint density at radius 2 is 2.10 bits per heavy atom. The Bertz CT molecular complexity index is 270. The summed E-state index contributed by atoms with van der Waals surface area (Å²) in [4.78, 5) is 11.4. The SMILES string of the molecule is Cc1nc(I)nc(C#N)n1. The fraction of sp³-hybridized carbons (Fsp3) is 0.200. The molecule has 0 aliphatic rings. The molecule has 1 rings (SSSR count). The number of hydrogen-bond acceptors (Lipinski definition) is 4. The minimum atomic E-state index is 0.178. The van der Waals surface area contributed by atoms with Gasteiger partial charge in [0.05, 0.1) is 0 Å². The first-order valence-electron chi connectivity index (χ1n) is 2.50. The molecule has 5 heteroatoms. The third-order valence-corrected chi connectivity index (χ3v) is 1.30. The summed E-state index contributed by atoms with van der Waals surface area (Å²) in [6, 6.07) is 1.84. The minimum absolute atomic E-state index is 0.178. The second-order valence-corrected chi connectivity index (χ2v) is 2.55. The molecule has 0 atom stereocenters. The van der Waals surface area contributed by atoms with Gasteiger partial charge < -0.3 is 0 Å². The van der Waals surface area contributed by atoms with Gasteiger partial charge in [-0.15, -0.1) is 0 Å². The number of aryl methyl sites for hydroxylation is 1. The zero-order valence-electron chi connectivity index (χ0n) is 5.17. The molecule has 0 spiro atoms. The van der Waals surface area contributed by atoms with Crippen LogP contribution in [0, 0.1) is 22.1 Å². The van der Waals surface area contributed by atoms with Crippen LogP contribution in [-0.2, 0) is 0 Å². The average Bonchev–Trinajstić information content (AvgIpc) is 1.85. The van der Waals surface area contributed by atoms with E-state index in [9.17, 15) is 0 Å². The van der Waals surface area contributed by atoms with Gasteiger partial charge in [-0.25, -0.2) is 9.97 Å². The molecule has 0 saturated carbocycles. The Morgan fingerprint density at radius 1 is 1.40 bits per heavy atom. The summed E-state index contributed by atoms with van der Waals surface area (Å²) < 4.78 is 0.557. The van der Waals surface area contributed by atoms with Gasteiger partial charge in [0.25, 0.3) is 0 Å². The molecule has 0 saturated heterocycles. The second kappa shape index (κ2) is 2.88. The Kier molecular flexibility index (Phi) is 2.11. The summed E-state index contributed by atoms with van der Waals surface area (Å²) in [6.45, 7) is 1.73. The molecule has 0 N–H and O–H groups in total. The molecular weight excluding hydrogens is 243 g/mol. The first kappa shape index (κ1) is 7.34. The van der Waals surface area contributed by atoms with Crippen molar-refractivity contribution in [1.82, 2.24) is 15.0 Å². The Hall–Kier alpha value is -0.770. The third-order valence-electron chi connectivity index (χ3n) is 0.820. The van der Waals surface area contributed by atoms with Crippen LogP contribution in [0.15, 0.2) is 0 Å². The maximum absolute atomic E-state index is 8.38. The lowest BCUT2D eigenvalue weighted by molar-refractivity contribution is 0.920. The van der Waals surface area contributed by atoms with Gasteiger partial charge in [-0.2, -0.15) is 10.2 Å². The number of rotatable bonds is 0. The van der Waals surface area contributed by atoms with Gasteiger partial charge in [-0.3, -0.25) is 0 Å². The van der Waals surface area contributed by atoms with E-state index in [1.54, 1.807) is 6.92 Å². The highest BCUT2D eigenvalue weighted by Crippen LogP contribution is 1.96. The molecule has 1 heterocycles. The molecule has 10 heavy (non-hydrogen) atoms. The van der Waals surface area contributed by atoms with Crippen LogP contribution in [0.2, 0.25) is 0 Å². The maximum atomic E-state index is 8.38. The summed E-state index contributed by atoms with van der Waals surface area (Å²) in [7, 11) is 0. The molecular formula is C5H3IN4. The van der Waals surface area contributed by atoms with E-state index in [4.69, 9.17) is 5.26 Å². The van der Waals surface area contributed by atoms with Gasteiger partial charge in [-0.05, 0) is 6.92 Å². The van der Waals surface area contributed by atoms with Crippen molar-refractivity contribution in [3.8, 4) is 6.07 Å². The predicted molar refractivity (Wildman–Crippen MR) is 42.0 cm³/mol. The van der Waals surface area contributed by atoms with Crippen molar-refractivity contribution in [3.05, 3.63) is 15.5 Å². The zero-order valence-corrected chi connectivity index (χ0v) is 7.32. The van der Waals surface area contributed by atoms with Crippen LogP contribution in [0.25, 0.3) is 0 Å². The molecule has 1 aromatic heterocycles. The van der Waals surface area contributed by atoms with Crippen molar-refractivity contribution < 1.29 is 0 Å². The van der Waals surface area contributed by atoms with E-state index >= 15 is 0 Å². The molecule has 0 bridgehead atoms. The van der Waals surface area contributed by atoms with Gasteiger partial charge in [-0.1, -0.05) is 0 Å². The summed E-state index contributed by atoms with van der Waals surface area (Å²) >= 11 is 1.94. The van der Waals surface area contributed by atoms with Crippen LogP contribution in [0.5, 0.6) is 0 Å². The normalized spacial score (nSPS) is 8.90. The quantitative estimate of drug-likeness (QED) is 0.630. The van der Waals surface area contributed by atoms with E-state index < -0.39 is 0 Å². The Balaban J connectivity index is 3.22. The zero-order chi connectivity index (χ0) is 7.56. The van der Waals surface area contributed by atoms with E-state index in [1.165, 1.54) is 0 Å². The standard InChI is InChI=1S/C5H3IN4/c1-3-8-4(2-7)10-5(6)9-3/h1H3. The minimum Gasteiger partial charge on any atom is -0.208 e. The van der Waals surface area contributed by atoms with Gasteiger partial charge in [0.15, 0.2) is 3.83 Å². The molecule has 50 valence electrons. The van der Waals surface area contributed by atoms with Crippen LogP contribution in [0.4, 0.5) is 0 Å². The number of halogens is 1. The van der Waals surface area contributed by atoms with Crippen LogP contribution >= 0.6 is 22.6 Å². The first-order chi connectivity index (χ1) is 4.72. The average molecular weight is 246 g/mol. The molecule has 0 aromatic carbocycles. The monoisotopic (exact) mass is 246 g/mol. The van der Waals surface area contributed by atoms with Crippen LogP contribution in [0.1, 0.15) is 11.6 Å². The molecule has 1 aromatic rings. The summed E-state index contributed by atoms with van der Waals surface area (Å²) in [5.74, 6) is 0.757. The maximum Gasteiger partial charge on any atom is 0.236 e. The summed E-state index contributed by atoms with van der Waals surface area (Å²) in [5, 5.41) is 8.38. The second-order valence-electron chi connectivity index (χ2n) is 1.59. The van der Waals surface area contributed by atoms with E-state index in [1.807, 2.05) is 28.7 Å². The fourth-order valence-corrected chi connectivity index (χ4v) is 1.08. The van der Waals surface area contributed by atoms with Gasteiger partial charge in [0.1, 0.15) is 11.9 Å². The van der Waals surface area contributed by atoms with Crippen molar-refractivity contribution in [1.29, 1.82) is 5.26 Å². The molecule has 0 fully saturated rings. The van der Waals surface area contributed by atoms with E-state index in [0.29, 0.717) is 9.66 Å². The third kappa shape index (κ3) is 1.60. The predicted octanol–water partition coefficient (Wildman–Crippen LogP) is 0.656. The number of aromatic nitrogens is 3. The lowest BCUT2D eigenvalue weighted by Crippen LogP contribution is -1.98.